The number of oxazole rings is 1. The smallest absolute Gasteiger partial charge is 0.226 e. The summed E-state index contributed by atoms with van der Waals surface area (Å²) < 4.78 is 23.8. The summed E-state index contributed by atoms with van der Waals surface area (Å²) in [5, 5.41) is 0. The molecule has 2 heterocycles. The van der Waals surface area contributed by atoms with Crippen molar-refractivity contribution in [2.45, 2.75) is 6.54 Å². The van der Waals surface area contributed by atoms with Crippen LogP contribution in [0.5, 0.6) is 5.75 Å². The fourth-order valence-electron chi connectivity index (χ4n) is 3.29. The Morgan fingerprint density at radius 1 is 1.00 bits per heavy atom. The molecule has 0 spiro atoms. The van der Waals surface area contributed by atoms with E-state index in [9.17, 15) is 4.39 Å². The summed E-state index contributed by atoms with van der Waals surface area (Å²) >= 11 is 0. The first-order valence-corrected chi connectivity index (χ1v) is 9.03. The molecule has 3 aromatic rings. The Balaban J connectivity index is 1.33. The van der Waals surface area contributed by atoms with Gasteiger partial charge in [-0.25, -0.2) is 9.37 Å². The highest BCUT2D eigenvalue weighted by Crippen LogP contribution is 2.22. The van der Waals surface area contributed by atoms with Gasteiger partial charge in [0.2, 0.25) is 5.89 Å². The number of nitrogens with zero attached hydrogens (tertiary/aromatic N) is 3. The van der Waals surface area contributed by atoms with Crippen LogP contribution < -0.4 is 9.64 Å². The summed E-state index contributed by atoms with van der Waals surface area (Å²) in [6.45, 7) is 4.61. The van der Waals surface area contributed by atoms with Gasteiger partial charge in [-0.2, -0.15) is 0 Å². The number of anilines is 1. The van der Waals surface area contributed by atoms with Crippen LogP contribution in [0, 0.1) is 5.82 Å². The molecule has 140 valence electrons. The average Bonchev–Trinajstić information content (AvgIpc) is 3.18. The van der Waals surface area contributed by atoms with E-state index in [0.717, 1.165) is 49.7 Å². The molecule has 0 N–H and O–H groups in total. The summed E-state index contributed by atoms with van der Waals surface area (Å²) in [6, 6.07) is 14.4. The SMILES string of the molecule is COc1ccc(N2CCN(Cc3coc(-c4ccc(F)cc4)n3)CC2)cc1. The van der Waals surface area contributed by atoms with Crippen molar-refractivity contribution in [3.63, 3.8) is 0 Å². The summed E-state index contributed by atoms with van der Waals surface area (Å²) in [6.07, 6.45) is 1.69. The molecule has 6 heteroatoms. The third-order valence-corrected chi connectivity index (χ3v) is 4.84. The van der Waals surface area contributed by atoms with Crippen LogP contribution in [-0.4, -0.2) is 43.2 Å². The summed E-state index contributed by atoms with van der Waals surface area (Å²) in [7, 11) is 1.68. The van der Waals surface area contributed by atoms with E-state index in [4.69, 9.17) is 9.15 Å². The number of halogens is 1. The maximum absolute atomic E-state index is 13.0. The predicted molar refractivity (Wildman–Crippen MR) is 102 cm³/mol. The van der Waals surface area contributed by atoms with Crippen molar-refractivity contribution < 1.29 is 13.5 Å². The maximum atomic E-state index is 13.0. The number of aromatic nitrogens is 1. The van der Waals surface area contributed by atoms with Crippen LogP contribution in [0.3, 0.4) is 0 Å². The molecule has 27 heavy (non-hydrogen) atoms. The number of hydrogen-bond acceptors (Lipinski definition) is 5. The van der Waals surface area contributed by atoms with E-state index in [1.807, 2.05) is 12.1 Å². The van der Waals surface area contributed by atoms with E-state index >= 15 is 0 Å². The molecule has 0 amide bonds. The first-order valence-electron chi connectivity index (χ1n) is 9.03. The lowest BCUT2D eigenvalue weighted by Gasteiger charge is -2.35. The van der Waals surface area contributed by atoms with Crippen LogP contribution in [0.2, 0.25) is 0 Å². The topological polar surface area (TPSA) is 41.7 Å². The minimum Gasteiger partial charge on any atom is -0.497 e. The Morgan fingerprint density at radius 2 is 1.70 bits per heavy atom. The second kappa shape index (κ2) is 7.80. The van der Waals surface area contributed by atoms with Crippen molar-refractivity contribution >= 4 is 5.69 Å². The molecule has 5 nitrogen and oxygen atoms in total. The van der Waals surface area contributed by atoms with Gasteiger partial charge in [0, 0.05) is 44.0 Å². The standard InChI is InChI=1S/C21H22FN3O2/c1-26-20-8-6-19(7-9-20)25-12-10-24(11-13-25)14-18-15-27-21(23-18)16-2-4-17(22)5-3-16/h2-9,15H,10-14H2,1H3. The zero-order chi connectivity index (χ0) is 18.6. The van der Waals surface area contributed by atoms with Crippen LogP contribution in [0.1, 0.15) is 5.69 Å². The largest absolute Gasteiger partial charge is 0.497 e. The van der Waals surface area contributed by atoms with Crippen molar-refractivity contribution in [3.05, 3.63) is 66.3 Å². The molecular weight excluding hydrogens is 345 g/mol. The molecular formula is C21H22FN3O2. The third kappa shape index (κ3) is 4.11. The zero-order valence-electron chi connectivity index (χ0n) is 15.3. The van der Waals surface area contributed by atoms with Crippen molar-refractivity contribution in [2.75, 3.05) is 38.2 Å². The quantitative estimate of drug-likeness (QED) is 0.686. The van der Waals surface area contributed by atoms with Crippen molar-refractivity contribution in [1.82, 2.24) is 9.88 Å². The Labute approximate surface area is 158 Å². The van der Waals surface area contributed by atoms with Gasteiger partial charge >= 0.3 is 0 Å². The first-order chi connectivity index (χ1) is 13.2. The highest BCUT2D eigenvalue weighted by Gasteiger charge is 2.19. The fraction of sp³-hybridized carbons (Fsp3) is 0.286. The highest BCUT2D eigenvalue weighted by molar-refractivity contribution is 5.53. The maximum Gasteiger partial charge on any atom is 0.226 e. The lowest BCUT2D eigenvalue weighted by atomic mass is 10.2. The lowest BCUT2D eigenvalue weighted by Crippen LogP contribution is -2.46. The molecule has 1 aliphatic heterocycles. The molecule has 1 fully saturated rings. The van der Waals surface area contributed by atoms with Gasteiger partial charge in [-0.1, -0.05) is 0 Å². The van der Waals surface area contributed by atoms with Crippen LogP contribution >= 0.6 is 0 Å². The van der Waals surface area contributed by atoms with Crippen molar-refractivity contribution in [1.29, 1.82) is 0 Å². The van der Waals surface area contributed by atoms with Gasteiger partial charge < -0.3 is 14.1 Å². The average molecular weight is 367 g/mol. The van der Waals surface area contributed by atoms with E-state index < -0.39 is 0 Å². The van der Waals surface area contributed by atoms with Gasteiger partial charge in [0.15, 0.2) is 0 Å². The fourth-order valence-corrected chi connectivity index (χ4v) is 3.29. The second-order valence-electron chi connectivity index (χ2n) is 6.61. The molecule has 0 saturated carbocycles. The number of hydrogen-bond donors (Lipinski definition) is 0. The van der Waals surface area contributed by atoms with Gasteiger partial charge in [0.25, 0.3) is 0 Å². The number of methoxy groups -OCH3 is 1. The Hall–Kier alpha value is -2.86. The van der Waals surface area contributed by atoms with E-state index in [0.29, 0.717) is 5.89 Å². The molecule has 1 aliphatic rings. The number of piperazine rings is 1. The molecule has 1 aromatic heterocycles. The van der Waals surface area contributed by atoms with Gasteiger partial charge in [-0.05, 0) is 48.5 Å². The molecule has 0 unspecified atom stereocenters. The number of rotatable bonds is 5. The molecule has 1 saturated heterocycles. The van der Waals surface area contributed by atoms with Crippen LogP contribution in [0.4, 0.5) is 10.1 Å². The van der Waals surface area contributed by atoms with Gasteiger partial charge in [-0.3, -0.25) is 4.90 Å². The predicted octanol–water partition coefficient (Wildman–Crippen LogP) is 3.81. The Kier molecular flexibility index (Phi) is 5.07. The van der Waals surface area contributed by atoms with E-state index in [1.54, 1.807) is 25.5 Å². The molecule has 4 rings (SSSR count). The minimum absolute atomic E-state index is 0.264. The molecule has 0 atom stereocenters. The second-order valence-corrected chi connectivity index (χ2v) is 6.61. The Morgan fingerprint density at radius 3 is 2.37 bits per heavy atom. The third-order valence-electron chi connectivity index (χ3n) is 4.84. The summed E-state index contributed by atoms with van der Waals surface area (Å²) in [5.74, 6) is 1.14. The zero-order valence-corrected chi connectivity index (χ0v) is 15.3. The summed E-state index contributed by atoms with van der Waals surface area (Å²) in [4.78, 5) is 9.29. The van der Waals surface area contributed by atoms with E-state index in [-0.39, 0.29) is 5.82 Å². The van der Waals surface area contributed by atoms with Gasteiger partial charge in [0.05, 0.1) is 12.8 Å². The van der Waals surface area contributed by atoms with E-state index in [2.05, 4.69) is 26.9 Å². The van der Waals surface area contributed by atoms with E-state index in [1.165, 1.54) is 17.8 Å². The van der Waals surface area contributed by atoms with Crippen LogP contribution in [0.25, 0.3) is 11.5 Å². The molecule has 0 aliphatic carbocycles. The Bertz CT molecular complexity index is 869. The normalized spacial score (nSPS) is 15.1. The molecule has 2 aromatic carbocycles. The first kappa shape index (κ1) is 17.5. The summed E-state index contributed by atoms with van der Waals surface area (Å²) in [5.41, 5.74) is 2.90. The van der Waals surface area contributed by atoms with Gasteiger partial charge in [-0.15, -0.1) is 0 Å². The van der Waals surface area contributed by atoms with Crippen LogP contribution in [-0.2, 0) is 6.54 Å². The lowest BCUT2D eigenvalue weighted by molar-refractivity contribution is 0.247. The van der Waals surface area contributed by atoms with Crippen molar-refractivity contribution in [3.8, 4) is 17.2 Å². The van der Waals surface area contributed by atoms with Crippen molar-refractivity contribution in [2.24, 2.45) is 0 Å². The van der Waals surface area contributed by atoms with Gasteiger partial charge in [0.1, 0.15) is 17.8 Å². The minimum atomic E-state index is -0.264. The molecule has 0 radical (unpaired) electrons. The van der Waals surface area contributed by atoms with Crippen LogP contribution in [0.15, 0.2) is 59.2 Å². The molecule has 0 bridgehead atoms. The number of benzene rings is 2. The highest BCUT2D eigenvalue weighted by atomic mass is 19.1. The number of ether oxygens (including phenoxy) is 1. The monoisotopic (exact) mass is 367 g/mol.